The van der Waals surface area contributed by atoms with Gasteiger partial charge in [0.1, 0.15) is 5.82 Å². The van der Waals surface area contributed by atoms with Crippen molar-refractivity contribution < 1.29 is 18.8 Å². The van der Waals surface area contributed by atoms with E-state index in [9.17, 15) is 19.3 Å². The third-order valence-electron chi connectivity index (χ3n) is 2.45. The fourth-order valence-corrected chi connectivity index (χ4v) is 1.78. The zero-order valence-corrected chi connectivity index (χ0v) is 10.6. The molecule has 7 heteroatoms. The molecule has 2 rings (SSSR count). The number of rotatable bonds is 4. The number of nitro benzene ring substituents is 1. The van der Waals surface area contributed by atoms with Crippen molar-refractivity contribution in [2.45, 2.75) is 0 Å². The monoisotopic (exact) mass is 295 g/mol. The molecule has 0 atom stereocenters. The molecule has 2 aromatic rings. The van der Waals surface area contributed by atoms with Crippen LogP contribution in [0.25, 0.3) is 0 Å². The van der Waals surface area contributed by atoms with E-state index in [1.165, 1.54) is 18.2 Å². The van der Waals surface area contributed by atoms with Crippen LogP contribution in [0.5, 0.6) is 11.5 Å². The number of carbonyl (C=O) groups is 1. The van der Waals surface area contributed by atoms with Crippen LogP contribution in [0.4, 0.5) is 10.1 Å². The predicted molar refractivity (Wildman–Crippen MR) is 70.0 cm³/mol. The van der Waals surface area contributed by atoms with Crippen LogP contribution in [-0.4, -0.2) is 11.2 Å². The van der Waals surface area contributed by atoms with Crippen molar-refractivity contribution in [1.29, 1.82) is 0 Å². The first-order chi connectivity index (χ1) is 9.52. The van der Waals surface area contributed by atoms with E-state index in [4.69, 9.17) is 16.3 Å². The molecule has 0 heterocycles. The highest BCUT2D eigenvalue weighted by atomic mass is 35.5. The molecule has 5 nitrogen and oxygen atoms in total. The third kappa shape index (κ3) is 2.75. The van der Waals surface area contributed by atoms with Gasteiger partial charge in [-0.25, -0.2) is 4.39 Å². The van der Waals surface area contributed by atoms with Crippen LogP contribution in [0.2, 0.25) is 5.02 Å². The number of aldehydes is 1. The normalized spacial score (nSPS) is 10.1. The molecule has 0 saturated carbocycles. The molecule has 0 saturated heterocycles. The van der Waals surface area contributed by atoms with E-state index in [0.717, 1.165) is 18.2 Å². The van der Waals surface area contributed by atoms with Gasteiger partial charge in [0, 0.05) is 12.1 Å². The fraction of sp³-hybridized carbons (Fsp3) is 0. The minimum atomic E-state index is -0.716. The van der Waals surface area contributed by atoms with Gasteiger partial charge >= 0.3 is 5.69 Å². The highest BCUT2D eigenvalue weighted by Crippen LogP contribution is 2.36. The molecule has 0 unspecified atom stereocenters. The Morgan fingerprint density at radius 2 is 2.05 bits per heavy atom. The standard InChI is InChI=1S/C13H7ClFNO4/c14-10-3-1-2-8(7-17)13(10)20-12-6-9(15)4-5-11(12)16(18)19/h1-7H. The zero-order valence-electron chi connectivity index (χ0n) is 9.88. The first-order valence-electron chi connectivity index (χ1n) is 5.38. The number of halogens is 2. The van der Waals surface area contributed by atoms with E-state index < -0.39 is 16.4 Å². The van der Waals surface area contributed by atoms with Gasteiger partial charge in [0.2, 0.25) is 5.75 Å². The molecule has 0 aliphatic heterocycles. The summed E-state index contributed by atoms with van der Waals surface area (Å²) in [6.07, 6.45) is 0.492. The Morgan fingerprint density at radius 3 is 2.70 bits per heavy atom. The molecule has 0 radical (unpaired) electrons. The molecule has 0 fully saturated rings. The van der Waals surface area contributed by atoms with E-state index in [0.29, 0.717) is 6.29 Å². The summed E-state index contributed by atoms with van der Waals surface area (Å²) in [6.45, 7) is 0. The highest BCUT2D eigenvalue weighted by molar-refractivity contribution is 6.32. The highest BCUT2D eigenvalue weighted by Gasteiger charge is 2.19. The predicted octanol–water partition coefficient (Wildman–Crippen LogP) is 3.99. The summed E-state index contributed by atoms with van der Waals surface area (Å²) in [5.41, 5.74) is -0.320. The summed E-state index contributed by atoms with van der Waals surface area (Å²) < 4.78 is 18.5. The van der Waals surface area contributed by atoms with Crippen LogP contribution in [0, 0.1) is 15.9 Å². The summed E-state index contributed by atoms with van der Waals surface area (Å²) in [7, 11) is 0. The first kappa shape index (κ1) is 14.0. The summed E-state index contributed by atoms with van der Waals surface area (Å²) in [5.74, 6) is -1.09. The average molecular weight is 296 g/mol. The molecule has 2 aromatic carbocycles. The van der Waals surface area contributed by atoms with Gasteiger partial charge in [-0.05, 0) is 18.2 Å². The van der Waals surface area contributed by atoms with E-state index >= 15 is 0 Å². The molecule has 0 bridgehead atoms. The minimum absolute atomic E-state index is 0.0575. The smallest absolute Gasteiger partial charge is 0.311 e. The lowest BCUT2D eigenvalue weighted by atomic mass is 10.2. The Hall–Kier alpha value is -2.47. The van der Waals surface area contributed by atoms with Gasteiger partial charge in [0.05, 0.1) is 15.5 Å². The number of ether oxygens (including phenoxy) is 1. The van der Waals surface area contributed by atoms with Crippen molar-refractivity contribution in [1.82, 2.24) is 0 Å². The second-order valence-electron chi connectivity index (χ2n) is 3.75. The van der Waals surface area contributed by atoms with Gasteiger partial charge in [-0.15, -0.1) is 0 Å². The summed E-state index contributed by atoms with van der Waals surface area (Å²) >= 11 is 5.88. The maximum Gasteiger partial charge on any atom is 0.311 e. The van der Waals surface area contributed by atoms with E-state index in [2.05, 4.69) is 0 Å². The summed E-state index contributed by atoms with van der Waals surface area (Å²) in [5, 5.41) is 11.0. The molecule has 0 N–H and O–H groups in total. The lowest BCUT2D eigenvalue weighted by Crippen LogP contribution is -1.97. The molecule has 102 valence electrons. The molecule has 0 aliphatic carbocycles. The number of nitro groups is 1. The third-order valence-corrected chi connectivity index (χ3v) is 2.75. The Morgan fingerprint density at radius 1 is 1.30 bits per heavy atom. The van der Waals surface area contributed by atoms with Gasteiger partial charge in [-0.3, -0.25) is 14.9 Å². The maximum atomic E-state index is 13.2. The topological polar surface area (TPSA) is 69.4 Å². The summed E-state index contributed by atoms with van der Waals surface area (Å²) in [6, 6.07) is 7.18. The number of hydrogen-bond acceptors (Lipinski definition) is 4. The van der Waals surface area contributed by atoms with Gasteiger partial charge in [0.15, 0.2) is 12.0 Å². The molecular weight excluding hydrogens is 289 g/mol. The van der Waals surface area contributed by atoms with Crippen LogP contribution in [0.3, 0.4) is 0 Å². The van der Waals surface area contributed by atoms with Crippen molar-refractivity contribution in [2.75, 3.05) is 0 Å². The van der Waals surface area contributed by atoms with Crippen molar-refractivity contribution in [2.24, 2.45) is 0 Å². The van der Waals surface area contributed by atoms with Crippen molar-refractivity contribution in [3.05, 3.63) is 62.9 Å². The van der Waals surface area contributed by atoms with Crippen LogP contribution >= 0.6 is 11.6 Å². The Bertz CT molecular complexity index is 690. The molecule has 0 aromatic heterocycles. The average Bonchev–Trinajstić information content (AvgIpc) is 2.40. The van der Waals surface area contributed by atoms with E-state index in [1.54, 1.807) is 0 Å². The quantitative estimate of drug-likeness (QED) is 0.486. The number of nitrogens with zero attached hydrogens (tertiary/aromatic N) is 1. The molecule has 0 aliphatic rings. The van der Waals surface area contributed by atoms with Crippen LogP contribution in [-0.2, 0) is 0 Å². The molecular formula is C13H7ClFNO4. The van der Waals surface area contributed by atoms with Crippen LogP contribution in [0.15, 0.2) is 36.4 Å². The lowest BCUT2D eigenvalue weighted by molar-refractivity contribution is -0.385. The fourth-order valence-electron chi connectivity index (χ4n) is 1.56. The Kier molecular flexibility index (Phi) is 3.95. The SMILES string of the molecule is O=Cc1cccc(Cl)c1Oc1cc(F)ccc1[N+](=O)[O-]. The summed E-state index contributed by atoms with van der Waals surface area (Å²) in [4.78, 5) is 21.1. The Balaban J connectivity index is 2.52. The van der Waals surface area contributed by atoms with E-state index in [1.807, 2.05) is 0 Å². The van der Waals surface area contributed by atoms with E-state index in [-0.39, 0.29) is 22.1 Å². The Labute approximate surface area is 117 Å². The number of benzene rings is 2. The second kappa shape index (κ2) is 5.66. The molecule has 0 spiro atoms. The van der Waals surface area contributed by atoms with Crippen molar-refractivity contribution >= 4 is 23.6 Å². The van der Waals surface area contributed by atoms with Crippen molar-refractivity contribution in [3.63, 3.8) is 0 Å². The number of hydrogen-bond donors (Lipinski definition) is 0. The molecule has 20 heavy (non-hydrogen) atoms. The lowest BCUT2D eigenvalue weighted by Gasteiger charge is -2.10. The van der Waals surface area contributed by atoms with Gasteiger partial charge < -0.3 is 4.74 Å². The van der Waals surface area contributed by atoms with Gasteiger partial charge in [-0.1, -0.05) is 17.7 Å². The maximum absolute atomic E-state index is 13.2. The number of para-hydroxylation sites is 1. The minimum Gasteiger partial charge on any atom is -0.448 e. The number of carbonyl (C=O) groups excluding carboxylic acids is 1. The molecule has 0 amide bonds. The van der Waals surface area contributed by atoms with Crippen LogP contribution in [0.1, 0.15) is 10.4 Å². The van der Waals surface area contributed by atoms with Gasteiger partial charge in [0.25, 0.3) is 0 Å². The first-order valence-corrected chi connectivity index (χ1v) is 5.76. The van der Waals surface area contributed by atoms with Crippen LogP contribution < -0.4 is 4.74 Å². The second-order valence-corrected chi connectivity index (χ2v) is 4.15. The van der Waals surface area contributed by atoms with Crippen molar-refractivity contribution in [3.8, 4) is 11.5 Å². The largest absolute Gasteiger partial charge is 0.448 e. The van der Waals surface area contributed by atoms with Gasteiger partial charge in [-0.2, -0.15) is 0 Å². The zero-order chi connectivity index (χ0) is 14.7.